The molecule has 3 rings (SSSR count). The highest BCUT2D eigenvalue weighted by molar-refractivity contribution is 5.76. The number of aliphatic hydroxyl groups is 9. The number of hydrogen-bond acceptors (Lipinski definition) is 19. The molecule has 0 bridgehead atoms. The molecule has 3 heterocycles. The van der Waals surface area contributed by atoms with Gasteiger partial charge in [-0.25, -0.2) is 4.79 Å². The molecule has 0 aromatic heterocycles. The van der Waals surface area contributed by atoms with Crippen LogP contribution in [0.1, 0.15) is 20.3 Å². The van der Waals surface area contributed by atoms with Crippen LogP contribution in [0.4, 0.5) is 0 Å². The molecule has 12 N–H and O–H groups in total. The SMILES string of the molecule is CC(=O)N[C@H]1[C@H](OCN=[N+]=[N-])O[C@H](CO)[C@@H](O[C@@H]2O[C@H](CO[C@]3(C(=O)O)C[C@H](O)[C@@H](NC(C)=O)[C@H]([C@H](O)[C@H](O)CO)O3)[C@H](O)[C@H](O)[C@H]2O)[C@@H]1O. The first-order chi connectivity index (χ1) is 23.5. The number of nitrogens with zero attached hydrogens (tertiary/aromatic N) is 3. The van der Waals surface area contributed by atoms with Crippen LogP contribution in [0.2, 0.25) is 0 Å². The van der Waals surface area contributed by atoms with Gasteiger partial charge in [0.2, 0.25) is 11.8 Å². The Hall–Kier alpha value is -2.88. The number of aliphatic carboxylic acids is 1. The van der Waals surface area contributed by atoms with E-state index >= 15 is 0 Å². The third-order valence-electron chi connectivity index (χ3n) is 8.21. The van der Waals surface area contributed by atoms with Crippen molar-refractivity contribution in [2.24, 2.45) is 5.11 Å². The highest BCUT2D eigenvalue weighted by atomic mass is 16.8. The Morgan fingerprint density at radius 2 is 1.56 bits per heavy atom. The lowest BCUT2D eigenvalue weighted by atomic mass is 9.88. The molecule has 3 fully saturated rings. The Labute approximate surface area is 282 Å². The predicted molar refractivity (Wildman–Crippen MR) is 155 cm³/mol. The minimum Gasteiger partial charge on any atom is -0.477 e. The number of amides is 2. The number of azide groups is 1. The summed E-state index contributed by atoms with van der Waals surface area (Å²) in [5.41, 5.74) is 8.52. The Morgan fingerprint density at radius 1 is 0.940 bits per heavy atom. The van der Waals surface area contributed by atoms with Crippen molar-refractivity contribution in [3.05, 3.63) is 10.4 Å². The number of aliphatic hydroxyl groups excluding tert-OH is 9. The van der Waals surface area contributed by atoms with Gasteiger partial charge in [-0.3, -0.25) is 9.59 Å². The highest BCUT2D eigenvalue weighted by Gasteiger charge is 2.57. The second-order valence-corrected chi connectivity index (χ2v) is 11.8. The van der Waals surface area contributed by atoms with Crippen molar-refractivity contribution >= 4 is 17.8 Å². The molecule has 24 heteroatoms. The number of ether oxygens (including phenoxy) is 6. The van der Waals surface area contributed by atoms with E-state index in [1.165, 1.54) is 0 Å². The molecule has 0 aliphatic carbocycles. The van der Waals surface area contributed by atoms with Gasteiger partial charge in [-0.05, 0) is 5.53 Å². The van der Waals surface area contributed by atoms with Crippen molar-refractivity contribution in [1.29, 1.82) is 0 Å². The van der Waals surface area contributed by atoms with Crippen LogP contribution in [0, 0.1) is 0 Å². The van der Waals surface area contributed by atoms with E-state index in [1.54, 1.807) is 0 Å². The van der Waals surface area contributed by atoms with E-state index in [9.17, 15) is 65.4 Å². The molecule has 0 radical (unpaired) electrons. The minimum atomic E-state index is -2.86. The summed E-state index contributed by atoms with van der Waals surface area (Å²) in [6.07, 6.45) is -24.8. The smallest absolute Gasteiger partial charge is 0.364 e. The summed E-state index contributed by atoms with van der Waals surface area (Å²) in [7, 11) is 0. The van der Waals surface area contributed by atoms with Gasteiger partial charge in [0, 0.05) is 25.2 Å². The lowest BCUT2D eigenvalue weighted by Gasteiger charge is -2.48. The van der Waals surface area contributed by atoms with Gasteiger partial charge >= 0.3 is 5.97 Å². The van der Waals surface area contributed by atoms with Gasteiger partial charge in [0.1, 0.15) is 73.8 Å². The summed E-state index contributed by atoms with van der Waals surface area (Å²) in [5.74, 6) is -6.15. The molecule has 0 spiro atoms. The number of carbonyl (C=O) groups is 3. The summed E-state index contributed by atoms with van der Waals surface area (Å²) in [6, 6.07) is -2.91. The topological polar surface area (TPSA) is 382 Å². The second kappa shape index (κ2) is 18.1. The quantitative estimate of drug-likeness (QED) is 0.0423. The average molecular weight is 730 g/mol. The third-order valence-corrected chi connectivity index (χ3v) is 8.21. The summed E-state index contributed by atoms with van der Waals surface area (Å²) in [6.45, 7) is -1.32. The van der Waals surface area contributed by atoms with Crippen LogP contribution < -0.4 is 10.6 Å². The lowest BCUT2D eigenvalue weighted by molar-refractivity contribution is -0.360. The Morgan fingerprint density at radius 3 is 2.12 bits per heavy atom. The Bertz CT molecular complexity index is 1210. The average Bonchev–Trinajstić information content (AvgIpc) is 3.06. The maximum atomic E-state index is 12.5. The van der Waals surface area contributed by atoms with E-state index in [-0.39, 0.29) is 0 Å². The fourth-order valence-corrected chi connectivity index (χ4v) is 5.71. The van der Waals surface area contributed by atoms with Gasteiger partial charge < -0.3 is 90.1 Å². The molecular formula is C26H43N5O19. The van der Waals surface area contributed by atoms with Crippen LogP contribution in [-0.2, 0) is 42.8 Å². The normalized spacial score (nSPS) is 40.2. The van der Waals surface area contributed by atoms with Crippen LogP contribution in [0.3, 0.4) is 0 Å². The molecule has 24 nitrogen and oxygen atoms in total. The molecule has 0 saturated carbocycles. The summed E-state index contributed by atoms with van der Waals surface area (Å²) < 4.78 is 33.1. The molecule has 50 heavy (non-hydrogen) atoms. The van der Waals surface area contributed by atoms with E-state index in [0.29, 0.717) is 0 Å². The molecule has 0 aromatic rings. The number of carboxylic acid groups (broad SMARTS) is 1. The second-order valence-electron chi connectivity index (χ2n) is 11.8. The van der Waals surface area contributed by atoms with Gasteiger partial charge in [0.25, 0.3) is 5.79 Å². The zero-order valence-electron chi connectivity index (χ0n) is 26.7. The maximum absolute atomic E-state index is 12.5. The number of nitrogens with one attached hydrogen (secondary N) is 2. The minimum absolute atomic E-state index is 0.599. The van der Waals surface area contributed by atoms with E-state index in [2.05, 4.69) is 20.7 Å². The van der Waals surface area contributed by atoms with Crippen LogP contribution in [0.15, 0.2) is 5.11 Å². The molecule has 0 aromatic carbocycles. The van der Waals surface area contributed by atoms with Gasteiger partial charge in [-0.15, -0.1) is 0 Å². The number of hydrogen-bond donors (Lipinski definition) is 12. The van der Waals surface area contributed by atoms with Crippen LogP contribution in [0.5, 0.6) is 0 Å². The molecule has 3 saturated heterocycles. The van der Waals surface area contributed by atoms with E-state index in [4.69, 9.17) is 34.0 Å². The van der Waals surface area contributed by atoms with E-state index in [0.717, 1.165) is 13.8 Å². The number of rotatable bonds is 15. The Kier molecular flexibility index (Phi) is 15.0. The largest absolute Gasteiger partial charge is 0.477 e. The first kappa shape index (κ1) is 41.5. The fraction of sp³-hybridized carbons (Fsp3) is 0.885. The maximum Gasteiger partial charge on any atom is 0.364 e. The molecule has 286 valence electrons. The van der Waals surface area contributed by atoms with Crippen molar-refractivity contribution in [3.63, 3.8) is 0 Å². The standard InChI is InChI=1S/C26H43N5O19/c1-8(34)29-14-10(36)3-26(25(43)44,50-22(14)16(38)11(37)4-32)46-6-13-17(39)19(41)20(42)24(48-13)49-21-12(5-33)47-23(45-7-28-31-27)15(18(21)40)30-9(2)35/h10-24,32-33,36-42H,3-7H2,1-2H3,(H,29,34)(H,30,35)(H,43,44)/t10-,11+,12+,13+,14+,15+,16+,17-,18+,19-,20+,21+,22+,23+,24-,26+/m0/s1. The number of carbonyl (C=O) groups excluding carboxylic acids is 2. The van der Waals surface area contributed by atoms with Crippen molar-refractivity contribution in [1.82, 2.24) is 10.6 Å². The first-order valence-corrected chi connectivity index (χ1v) is 15.2. The zero-order chi connectivity index (χ0) is 37.5. The molecule has 2 amide bonds. The highest BCUT2D eigenvalue weighted by Crippen LogP contribution is 2.35. The summed E-state index contributed by atoms with van der Waals surface area (Å²) in [4.78, 5) is 38.6. The predicted octanol–water partition coefficient (Wildman–Crippen LogP) is -6.79. The van der Waals surface area contributed by atoms with E-state index < -0.39 is 148 Å². The molecule has 16 atom stereocenters. The van der Waals surface area contributed by atoms with Gasteiger partial charge in [0.05, 0.1) is 32.0 Å². The fourth-order valence-electron chi connectivity index (χ4n) is 5.71. The molecular weight excluding hydrogens is 686 g/mol. The summed E-state index contributed by atoms with van der Waals surface area (Å²) in [5, 5.41) is 112. The van der Waals surface area contributed by atoms with Gasteiger partial charge in [0.15, 0.2) is 12.6 Å². The molecule has 0 unspecified atom stereocenters. The van der Waals surface area contributed by atoms with Crippen molar-refractivity contribution in [3.8, 4) is 0 Å². The van der Waals surface area contributed by atoms with Crippen molar-refractivity contribution < 1.29 is 93.9 Å². The van der Waals surface area contributed by atoms with Crippen LogP contribution >= 0.6 is 0 Å². The van der Waals surface area contributed by atoms with E-state index in [1.807, 2.05) is 0 Å². The van der Waals surface area contributed by atoms with Crippen molar-refractivity contribution in [2.75, 3.05) is 26.6 Å². The molecule has 3 aliphatic rings. The van der Waals surface area contributed by atoms with Crippen LogP contribution in [0.25, 0.3) is 10.4 Å². The summed E-state index contributed by atoms with van der Waals surface area (Å²) >= 11 is 0. The first-order valence-electron chi connectivity index (χ1n) is 15.2. The van der Waals surface area contributed by atoms with Crippen LogP contribution in [-0.4, -0.2) is 193 Å². The molecule has 3 aliphatic heterocycles. The monoisotopic (exact) mass is 729 g/mol. The van der Waals surface area contributed by atoms with Gasteiger partial charge in [-0.2, -0.15) is 0 Å². The number of carboxylic acids is 1. The van der Waals surface area contributed by atoms with Crippen molar-refractivity contribution in [2.45, 2.75) is 118 Å². The Balaban J connectivity index is 1.84. The van der Waals surface area contributed by atoms with Gasteiger partial charge in [-0.1, -0.05) is 5.11 Å². The third kappa shape index (κ3) is 9.51. The lowest BCUT2D eigenvalue weighted by Crippen LogP contribution is -2.69. The zero-order valence-corrected chi connectivity index (χ0v) is 26.7.